The number of carbonyl (C=O) groups excluding carboxylic acids is 2. The van der Waals surface area contributed by atoms with E-state index >= 15 is 0 Å². The van der Waals surface area contributed by atoms with Gasteiger partial charge in [-0.05, 0) is 29.8 Å². The number of carbonyl (C=O) groups is 3. The van der Waals surface area contributed by atoms with Gasteiger partial charge in [-0.3, -0.25) is 19.3 Å². The third-order valence-electron chi connectivity index (χ3n) is 5.82. The zero-order valence-electron chi connectivity index (χ0n) is 16.0. The number of rotatable bonds is 6. The number of likely N-dealkylation sites (tertiary alicyclic amines) is 1. The molecule has 1 N–H and O–H groups in total. The number of hydrogen-bond donors (Lipinski definition) is 1. The van der Waals surface area contributed by atoms with Gasteiger partial charge in [0.25, 0.3) is 0 Å². The van der Waals surface area contributed by atoms with Crippen LogP contribution in [0.3, 0.4) is 0 Å². The van der Waals surface area contributed by atoms with Gasteiger partial charge in [-0.1, -0.05) is 29.3 Å². The lowest BCUT2D eigenvalue weighted by atomic mass is 9.91. The molecule has 1 aliphatic carbocycles. The fourth-order valence-electron chi connectivity index (χ4n) is 4.36. The van der Waals surface area contributed by atoms with Crippen LogP contribution in [0.5, 0.6) is 11.5 Å². The van der Waals surface area contributed by atoms with Gasteiger partial charge in [0.2, 0.25) is 11.8 Å². The highest BCUT2D eigenvalue weighted by Crippen LogP contribution is 2.66. The fourth-order valence-corrected chi connectivity index (χ4v) is 4.66. The standard InChI is InChI=1S/C21H17Cl2NO6/c1-29-12-5-3-10(15(8-12)30-2)9-24-18(25)16-17(19(26)27)21(16,20(24)28)11-4-6-13(22)14(23)7-11/h3-8,16-17H,9H2,1-2H3,(H,26,27)/t16-,17-,21+/m0/s1. The van der Waals surface area contributed by atoms with Crippen LogP contribution < -0.4 is 9.47 Å². The summed E-state index contributed by atoms with van der Waals surface area (Å²) in [6.45, 7) is -0.0449. The van der Waals surface area contributed by atoms with Crippen molar-refractivity contribution in [1.29, 1.82) is 0 Å². The van der Waals surface area contributed by atoms with E-state index in [0.29, 0.717) is 22.6 Å². The van der Waals surface area contributed by atoms with Crippen LogP contribution in [-0.4, -0.2) is 42.0 Å². The average molecular weight is 450 g/mol. The van der Waals surface area contributed by atoms with Crippen LogP contribution in [-0.2, 0) is 26.3 Å². The van der Waals surface area contributed by atoms with Gasteiger partial charge in [0.15, 0.2) is 0 Å². The van der Waals surface area contributed by atoms with E-state index in [-0.39, 0.29) is 16.6 Å². The molecule has 4 rings (SSSR count). The predicted octanol–water partition coefficient (Wildman–Crippen LogP) is 3.15. The number of fused-ring (bicyclic) bond motifs is 1. The molecule has 0 spiro atoms. The monoisotopic (exact) mass is 449 g/mol. The Kier molecular flexibility index (Phi) is 4.91. The number of carboxylic acid groups (broad SMARTS) is 1. The van der Waals surface area contributed by atoms with Crippen LogP contribution in [0.2, 0.25) is 10.0 Å². The maximum atomic E-state index is 13.4. The zero-order chi connectivity index (χ0) is 21.8. The van der Waals surface area contributed by atoms with Gasteiger partial charge in [-0.2, -0.15) is 0 Å². The normalized spacial score (nSPS) is 24.6. The molecule has 2 aromatic rings. The average Bonchev–Trinajstić information content (AvgIpc) is 3.39. The van der Waals surface area contributed by atoms with Crippen LogP contribution in [0.1, 0.15) is 11.1 Å². The molecule has 1 saturated carbocycles. The predicted molar refractivity (Wildman–Crippen MR) is 108 cm³/mol. The van der Waals surface area contributed by atoms with Gasteiger partial charge >= 0.3 is 5.97 Å². The van der Waals surface area contributed by atoms with Crippen molar-refractivity contribution >= 4 is 41.0 Å². The molecule has 3 atom stereocenters. The minimum Gasteiger partial charge on any atom is -0.497 e. The minimum absolute atomic E-state index is 0.0449. The second-order valence-electron chi connectivity index (χ2n) is 7.20. The maximum absolute atomic E-state index is 13.4. The first-order valence-corrected chi connectivity index (χ1v) is 9.78. The third kappa shape index (κ3) is 2.76. The Morgan fingerprint density at radius 2 is 1.83 bits per heavy atom. The molecule has 1 aliphatic heterocycles. The van der Waals surface area contributed by atoms with E-state index in [1.807, 2.05) is 0 Å². The van der Waals surface area contributed by atoms with Crippen molar-refractivity contribution in [1.82, 2.24) is 4.90 Å². The molecule has 0 unspecified atom stereocenters. The second-order valence-corrected chi connectivity index (χ2v) is 8.01. The van der Waals surface area contributed by atoms with Crippen molar-refractivity contribution < 1.29 is 29.0 Å². The lowest BCUT2D eigenvalue weighted by Crippen LogP contribution is -2.39. The number of imide groups is 1. The first-order chi connectivity index (χ1) is 14.3. The maximum Gasteiger partial charge on any atom is 0.308 e. The van der Waals surface area contributed by atoms with Crippen molar-refractivity contribution in [3.63, 3.8) is 0 Å². The summed E-state index contributed by atoms with van der Waals surface area (Å²) in [5.74, 6) is -3.40. The van der Waals surface area contributed by atoms with E-state index < -0.39 is 35.0 Å². The van der Waals surface area contributed by atoms with E-state index in [2.05, 4.69) is 0 Å². The summed E-state index contributed by atoms with van der Waals surface area (Å²) in [5, 5.41) is 10.1. The van der Waals surface area contributed by atoms with Gasteiger partial charge in [0.1, 0.15) is 16.9 Å². The number of nitrogens with zero attached hydrogens (tertiary/aromatic N) is 1. The Labute approximate surface area is 182 Å². The summed E-state index contributed by atoms with van der Waals surface area (Å²) in [5.41, 5.74) is -0.508. The van der Waals surface area contributed by atoms with E-state index in [4.69, 9.17) is 32.7 Å². The molecule has 1 heterocycles. The Morgan fingerprint density at radius 3 is 2.43 bits per heavy atom. The highest BCUT2D eigenvalue weighted by molar-refractivity contribution is 6.42. The molecule has 9 heteroatoms. The second kappa shape index (κ2) is 7.18. The van der Waals surface area contributed by atoms with Crippen molar-refractivity contribution in [2.24, 2.45) is 11.8 Å². The smallest absolute Gasteiger partial charge is 0.308 e. The van der Waals surface area contributed by atoms with Crippen molar-refractivity contribution in [2.75, 3.05) is 14.2 Å². The molecule has 2 aliphatic rings. The summed E-state index contributed by atoms with van der Waals surface area (Å²) >= 11 is 12.1. The van der Waals surface area contributed by atoms with Gasteiger partial charge in [0.05, 0.1) is 42.6 Å². The van der Waals surface area contributed by atoms with E-state index in [1.165, 1.54) is 26.4 Å². The largest absolute Gasteiger partial charge is 0.497 e. The summed E-state index contributed by atoms with van der Waals surface area (Å²) in [6, 6.07) is 9.54. The highest BCUT2D eigenvalue weighted by atomic mass is 35.5. The van der Waals surface area contributed by atoms with Gasteiger partial charge in [-0.25, -0.2) is 0 Å². The van der Waals surface area contributed by atoms with Crippen LogP contribution in [0, 0.1) is 11.8 Å². The number of ether oxygens (including phenoxy) is 2. The quantitative estimate of drug-likeness (QED) is 0.680. The molecule has 0 aromatic heterocycles. The third-order valence-corrected chi connectivity index (χ3v) is 6.56. The number of halogens is 2. The summed E-state index contributed by atoms with van der Waals surface area (Å²) < 4.78 is 10.5. The molecular formula is C21H17Cl2NO6. The van der Waals surface area contributed by atoms with Gasteiger partial charge in [0, 0.05) is 11.6 Å². The highest BCUT2D eigenvalue weighted by Gasteiger charge is 2.82. The lowest BCUT2D eigenvalue weighted by Gasteiger charge is -2.23. The molecule has 2 aromatic carbocycles. The number of hydrogen-bond acceptors (Lipinski definition) is 5. The summed E-state index contributed by atoms with van der Waals surface area (Å²) in [4.78, 5) is 39.4. The van der Waals surface area contributed by atoms with Gasteiger partial charge < -0.3 is 14.6 Å². The Bertz CT molecular complexity index is 1090. The summed E-state index contributed by atoms with van der Waals surface area (Å²) in [7, 11) is 2.99. The number of carboxylic acids is 1. The zero-order valence-corrected chi connectivity index (χ0v) is 17.5. The van der Waals surface area contributed by atoms with Crippen LogP contribution in [0.25, 0.3) is 0 Å². The first kappa shape index (κ1) is 20.5. The van der Waals surface area contributed by atoms with Crippen LogP contribution in [0.4, 0.5) is 0 Å². The summed E-state index contributed by atoms with van der Waals surface area (Å²) in [6.07, 6.45) is 0. The first-order valence-electron chi connectivity index (χ1n) is 9.02. The molecule has 30 heavy (non-hydrogen) atoms. The number of benzene rings is 2. The van der Waals surface area contributed by atoms with Crippen molar-refractivity contribution in [2.45, 2.75) is 12.0 Å². The van der Waals surface area contributed by atoms with Crippen molar-refractivity contribution in [3.8, 4) is 11.5 Å². The Morgan fingerprint density at radius 1 is 1.10 bits per heavy atom. The molecule has 2 fully saturated rings. The molecule has 0 bridgehead atoms. The van der Waals surface area contributed by atoms with E-state index in [9.17, 15) is 19.5 Å². The molecular weight excluding hydrogens is 433 g/mol. The molecule has 2 amide bonds. The molecule has 1 saturated heterocycles. The van der Waals surface area contributed by atoms with Crippen LogP contribution in [0.15, 0.2) is 36.4 Å². The molecule has 7 nitrogen and oxygen atoms in total. The van der Waals surface area contributed by atoms with E-state index in [0.717, 1.165) is 4.90 Å². The fraction of sp³-hybridized carbons (Fsp3) is 0.286. The SMILES string of the molecule is COc1ccc(CN2C(=O)[C@@H]3[C@@H](C(=O)O)[C@]3(c3ccc(Cl)c(Cl)c3)C2=O)c(OC)c1. The van der Waals surface area contributed by atoms with E-state index in [1.54, 1.807) is 24.3 Å². The number of piperidine rings is 1. The topological polar surface area (TPSA) is 93.1 Å². The van der Waals surface area contributed by atoms with Crippen LogP contribution >= 0.6 is 23.2 Å². The number of aliphatic carboxylic acids is 1. The molecule has 156 valence electrons. The Balaban J connectivity index is 1.73. The van der Waals surface area contributed by atoms with Crippen molar-refractivity contribution in [3.05, 3.63) is 57.6 Å². The molecule has 0 radical (unpaired) electrons. The number of amides is 2. The minimum atomic E-state index is -1.48. The lowest BCUT2D eigenvalue weighted by molar-refractivity contribution is -0.149. The van der Waals surface area contributed by atoms with Gasteiger partial charge in [-0.15, -0.1) is 0 Å². The Hall–Kier alpha value is -2.77. The number of methoxy groups -OCH3 is 2.